The molecule has 0 amide bonds. The normalized spacial score (nSPS) is 10.6. The molecular formula is C12H23BO6. The summed E-state index contributed by atoms with van der Waals surface area (Å²) in [7, 11) is -2.17. The zero-order chi connectivity index (χ0) is 15.7. The van der Waals surface area contributed by atoms with E-state index in [-0.39, 0.29) is 0 Å². The minimum Gasteiger partial charge on any atom is -0.508 e. The summed E-state index contributed by atoms with van der Waals surface area (Å²) in [5.74, 6) is 0.322. The third kappa shape index (κ3) is 14.8. The molecule has 0 aliphatic rings. The number of benzene rings is 1. The molecule has 0 aliphatic heterocycles. The molecule has 6 N–H and O–H groups in total. The first-order valence-corrected chi connectivity index (χ1v) is 5.61. The highest BCUT2D eigenvalue weighted by atomic mass is 16.5. The van der Waals surface area contributed by atoms with Crippen molar-refractivity contribution in [2.45, 2.75) is 38.9 Å². The van der Waals surface area contributed by atoms with Gasteiger partial charge in [0.15, 0.2) is 0 Å². The second kappa shape index (κ2) is 8.90. The number of para-hydroxylation sites is 1. The van der Waals surface area contributed by atoms with E-state index in [0.717, 1.165) is 0 Å². The number of hydrogen-bond acceptors (Lipinski definition) is 6. The van der Waals surface area contributed by atoms with Crippen LogP contribution in [0.25, 0.3) is 0 Å². The van der Waals surface area contributed by atoms with Gasteiger partial charge in [0.2, 0.25) is 0 Å². The molecule has 6 nitrogen and oxygen atoms in total. The summed E-state index contributed by atoms with van der Waals surface area (Å²) in [4.78, 5) is 0. The van der Waals surface area contributed by atoms with E-state index >= 15 is 0 Å². The van der Waals surface area contributed by atoms with Gasteiger partial charge in [-0.05, 0) is 39.8 Å². The summed E-state index contributed by atoms with van der Waals surface area (Å²) in [6, 6.07) is 8.71. The first kappa shape index (κ1) is 20.2. The lowest BCUT2D eigenvalue weighted by atomic mass is 9.90. The summed E-state index contributed by atoms with van der Waals surface area (Å²) in [6.07, 6.45) is 0. The number of aromatic hydroxyl groups is 1. The van der Waals surface area contributed by atoms with Crippen LogP contribution < -0.4 is 0 Å². The van der Waals surface area contributed by atoms with Gasteiger partial charge in [-0.1, -0.05) is 18.2 Å². The predicted molar refractivity (Wildman–Crippen MR) is 73.1 cm³/mol. The Morgan fingerprint density at radius 2 is 1.05 bits per heavy atom. The molecule has 0 aromatic heterocycles. The van der Waals surface area contributed by atoms with Crippen molar-refractivity contribution < 1.29 is 30.4 Å². The second-order valence-corrected chi connectivity index (χ2v) is 4.80. The van der Waals surface area contributed by atoms with E-state index in [4.69, 9.17) is 30.4 Å². The average molecular weight is 274 g/mol. The highest BCUT2D eigenvalue weighted by molar-refractivity contribution is 6.30. The van der Waals surface area contributed by atoms with Gasteiger partial charge < -0.3 is 30.4 Å². The number of phenols is 1. The Morgan fingerprint density at radius 1 is 0.789 bits per heavy atom. The van der Waals surface area contributed by atoms with Crippen LogP contribution in [0.4, 0.5) is 0 Å². The maximum Gasteiger partial charge on any atom is 0.631 e. The lowest BCUT2D eigenvalue weighted by molar-refractivity contribution is -0.107. The van der Waals surface area contributed by atoms with E-state index in [2.05, 4.69) is 0 Å². The Hall–Kier alpha value is -1.12. The van der Waals surface area contributed by atoms with Gasteiger partial charge in [-0.2, -0.15) is 0 Å². The van der Waals surface area contributed by atoms with Crippen LogP contribution in [-0.4, -0.2) is 48.9 Å². The highest BCUT2D eigenvalue weighted by Crippen LogP contribution is 2.19. The van der Waals surface area contributed by atoms with Crippen molar-refractivity contribution in [3.05, 3.63) is 30.3 Å². The molecule has 0 spiro atoms. The van der Waals surface area contributed by atoms with Crippen LogP contribution >= 0.6 is 0 Å². The SMILES string of the molecule is CC(C)(O)C(C)(C)O.OB(O)O.Oc1ccccc1. The lowest BCUT2D eigenvalue weighted by Crippen LogP contribution is -2.44. The molecule has 0 heterocycles. The Morgan fingerprint density at radius 3 is 1.16 bits per heavy atom. The fraction of sp³-hybridized carbons (Fsp3) is 0.500. The van der Waals surface area contributed by atoms with Gasteiger partial charge in [0.1, 0.15) is 5.75 Å². The molecule has 1 aromatic carbocycles. The van der Waals surface area contributed by atoms with E-state index in [0.29, 0.717) is 5.75 Å². The Bertz CT molecular complexity index is 300. The first-order valence-electron chi connectivity index (χ1n) is 5.61. The van der Waals surface area contributed by atoms with Crippen molar-refractivity contribution in [3.63, 3.8) is 0 Å². The minimum atomic E-state index is -2.17. The monoisotopic (exact) mass is 274 g/mol. The Balaban J connectivity index is 0. The minimum absolute atomic E-state index is 0.322. The topological polar surface area (TPSA) is 121 Å². The molecule has 7 heteroatoms. The first-order chi connectivity index (χ1) is 8.38. The summed E-state index contributed by atoms with van der Waals surface area (Å²) >= 11 is 0. The molecule has 110 valence electrons. The van der Waals surface area contributed by atoms with Gasteiger partial charge in [-0.25, -0.2) is 0 Å². The molecule has 0 bridgehead atoms. The van der Waals surface area contributed by atoms with E-state index < -0.39 is 18.5 Å². The van der Waals surface area contributed by atoms with Crippen LogP contribution in [0.1, 0.15) is 27.7 Å². The predicted octanol–water partition coefficient (Wildman–Crippen LogP) is -0.131. The van der Waals surface area contributed by atoms with Crippen molar-refractivity contribution in [1.82, 2.24) is 0 Å². The quantitative estimate of drug-likeness (QED) is 0.397. The van der Waals surface area contributed by atoms with Crippen LogP contribution in [0.5, 0.6) is 5.75 Å². The number of phenolic OH excluding ortho intramolecular Hbond substituents is 1. The Kier molecular flexibility index (Phi) is 9.46. The van der Waals surface area contributed by atoms with Crippen LogP contribution in [0.15, 0.2) is 30.3 Å². The smallest absolute Gasteiger partial charge is 0.508 e. The fourth-order valence-electron chi connectivity index (χ4n) is 0.428. The van der Waals surface area contributed by atoms with E-state index in [9.17, 15) is 0 Å². The number of hydrogen-bond donors (Lipinski definition) is 6. The third-order valence-corrected chi connectivity index (χ3v) is 2.25. The maximum absolute atomic E-state index is 9.10. The molecule has 19 heavy (non-hydrogen) atoms. The molecule has 0 saturated heterocycles. The molecule has 0 radical (unpaired) electrons. The van der Waals surface area contributed by atoms with Gasteiger partial charge in [0.25, 0.3) is 0 Å². The summed E-state index contributed by atoms with van der Waals surface area (Å²) < 4.78 is 0. The molecule has 0 unspecified atom stereocenters. The van der Waals surface area contributed by atoms with Crippen molar-refractivity contribution in [2.24, 2.45) is 0 Å². The van der Waals surface area contributed by atoms with Crippen molar-refractivity contribution in [2.75, 3.05) is 0 Å². The maximum atomic E-state index is 9.10. The van der Waals surface area contributed by atoms with Crippen molar-refractivity contribution in [1.29, 1.82) is 0 Å². The van der Waals surface area contributed by atoms with Crippen LogP contribution in [0, 0.1) is 0 Å². The largest absolute Gasteiger partial charge is 0.631 e. The van der Waals surface area contributed by atoms with Gasteiger partial charge >= 0.3 is 7.32 Å². The van der Waals surface area contributed by atoms with Crippen molar-refractivity contribution in [3.8, 4) is 5.75 Å². The molecule has 0 fully saturated rings. The summed E-state index contributed by atoms with van der Waals surface area (Å²) in [6.45, 7) is 6.31. The average Bonchev–Trinajstić information content (AvgIpc) is 2.15. The van der Waals surface area contributed by atoms with Crippen molar-refractivity contribution >= 4 is 7.32 Å². The molecular weight excluding hydrogens is 251 g/mol. The molecule has 1 rings (SSSR count). The lowest BCUT2D eigenvalue weighted by Gasteiger charge is -2.31. The van der Waals surface area contributed by atoms with Gasteiger partial charge in [-0.3, -0.25) is 0 Å². The molecule has 1 aromatic rings. The fourth-order valence-corrected chi connectivity index (χ4v) is 0.428. The van der Waals surface area contributed by atoms with Crippen LogP contribution in [-0.2, 0) is 0 Å². The van der Waals surface area contributed by atoms with Gasteiger partial charge in [0.05, 0.1) is 11.2 Å². The zero-order valence-electron chi connectivity index (χ0n) is 11.6. The van der Waals surface area contributed by atoms with Crippen LogP contribution in [0.2, 0.25) is 0 Å². The van der Waals surface area contributed by atoms with Crippen LogP contribution in [0.3, 0.4) is 0 Å². The van der Waals surface area contributed by atoms with Gasteiger partial charge in [0, 0.05) is 0 Å². The molecule has 0 saturated carbocycles. The molecule has 0 atom stereocenters. The van der Waals surface area contributed by atoms with E-state index in [1.54, 1.807) is 52.0 Å². The second-order valence-electron chi connectivity index (χ2n) is 4.80. The standard InChI is InChI=1S/C6H14O2.C6H6O.BH3O3/c1-5(2,7)6(3,4)8;7-6-4-2-1-3-5-6;2-1(3)4/h7-8H,1-4H3;1-5,7H;2-4H. The number of aliphatic hydroxyl groups is 2. The third-order valence-electron chi connectivity index (χ3n) is 2.25. The highest BCUT2D eigenvalue weighted by Gasteiger charge is 2.31. The molecule has 0 aliphatic carbocycles. The van der Waals surface area contributed by atoms with E-state index in [1.165, 1.54) is 0 Å². The number of rotatable bonds is 1. The van der Waals surface area contributed by atoms with E-state index in [1.807, 2.05) is 6.07 Å². The summed E-state index contributed by atoms with van der Waals surface area (Å²) in [5, 5.41) is 48.3. The van der Waals surface area contributed by atoms with Gasteiger partial charge in [-0.15, -0.1) is 0 Å². The Labute approximate surface area is 113 Å². The summed E-state index contributed by atoms with van der Waals surface area (Å²) in [5.41, 5.74) is -2.01. The zero-order valence-corrected chi connectivity index (χ0v) is 11.6.